The predicted octanol–water partition coefficient (Wildman–Crippen LogP) is 1.67. The summed E-state index contributed by atoms with van der Waals surface area (Å²) in [4.78, 5) is 0. The molecule has 7 heteroatoms. The number of benzene rings is 1. The van der Waals surface area contributed by atoms with Gasteiger partial charge in [0.1, 0.15) is 0 Å². The molecule has 2 rings (SSSR count). The number of hydrogen-bond donors (Lipinski definition) is 1. The zero-order chi connectivity index (χ0) is 15.5. The van der Waals surface area contributed by atoms with Gasteiger partial charge in [0, 0.05) is 32.6 Å². The van der Waals surface area contributed by atoms with Crippen LogP contribution in [0.1, 0.15) is 24.8 Å². The number of nitrogens with two attached hydrogens (primary N) is 1. The van der Waals surface area contributed by atoms with Crippen molar-refractivity contribution in [1.82, 2.24) is 8.61 Å². The van der Waals surface area contributed by atoms with Crippen LogP contribution >= 0.6 is 12.4 Å². The smallest absolute Gasteiger partial charge is 0.281 e. The Hall–Kier alpha value is -0.660. The Bertz CT molecular complexity index is 553. The molecule has 1 aromatic carbocycles. The van der Waals surface area contributed by atoms with Crippen molar-refractivity contribution in [2.45, 2.75) is 19.3 Å². The molecule has 1 aliphatic heterocycles. The molecule has 0 bridgehead atoms. The van der Waals surface area contributed by atoms with Gasteiger partial charge in [0.05, 0.1) is 0 Å². The van der Waals surface area contributed by atoms with Gasteiger partial charge < -0.3 is 5.73 Å². The molecular weight excluding hydrogens is 322 g/mol. The molecule has 1 heterocycles. The SMILES string of the molecule is CCCN(C)S(=O)(=O)N1C[C@@H](CN)[C@H](c2ccccc2)C1.Cl. The summed E-state index contributed by atoms with van der Waals surface area (Å²) >= 11 is 0. The molecular formula is C15H26ClN3O2S. The Morgan fingerprint density at radius 3 is 2.45 bits per heavy atom. The van der Waals surface area contributed by atoms with E-state index in [-0.39, 0.29) is 24.2 Å². The molecule has 1 saturated heterocycles. The monoisotopic (exact) mass is 347 g/mol. The fraction of sp³-hybridized carbons (Fsp3) is 0.600. The average molecular weight is 348 g/mol. The minimum atomic E-state index is -3.37. The summed E-state index contributed by atoms with van der Waals surface area (Å²) in [5.41, 5.74) is 7.04. The van der Waals surface area contributed by atoms with Crippen molar-refractivity contribution in [2.75, 3.05) is 33.2 Å². The Balaban J connectivity index is 0.00000242. The summed E-state index contributed by atoms with van der Waals surface area (Å²) in [6.45, 7) is 4.05. The van der Waals surface area contributed by atoms with Crippen LogP contribution in [-0.2, 0) is 10.2 Å². The maximum Gasteiger partial charge on any atom is 0.281 e. The van der Waals surface area contributed by atoms with Crippen molar-refractivity contribution < 1.29 is 8.42 Å². The van der Waals surface area contributed by atoms with Gasteiger partial charge in [0.25, 0.3) is 10.2 Å². The van der Waals surface area contributed by atoms with Crippen molar-refractivity contribution in [3.05, 3.63) is 35.9 Å². The Morgan fingerprint density at radius 2 is 1.91 bits per heavy atom. The lowest BCUT2D eigenvalue weighted by atomic mass is 9.89. The molecule has 126 valence electrons. The van der Waals surface area contributed by atoms with Gasteiger partial charge in [-0.05, 0) is 24.4 Å². The minimum absolute atomic E-state index is 0. The molecule has 0 spiro atoms. The second-order valence-corrected chi connectivity index (χ2v) is 7.69. The maximum atomic E-state index is 12.6. The van der Waals surface area contributed by atoms with E-state index in [0.717, 1.165) is 6.42 Å². The van der Waals surface area contributed by atoms with Gasteiger partial charge in [0.2, 0.25) is 0 Å². The van der Waals surface area contributed by atoms with Crippen LogP contribution in [0.3, 0.4) is 0 Å². The van der Waals surface area contributed by atoms with Gasteiger partial charge in [0.15, 0.2) is 0 Å². The van der Waals surface area contributed by atoms with E-state index in [1.54, 1.807) is 11.4 Å². The van der Waals surface area contributed by atoms with E-state index in [2.05, 4.69) is 12.1 Å². The first-order valence-corrected chi connectivity index (χ1v) is 8.86. The fourth-order valence-corrected chi connectivity index (χ4v) is 4.50. The van der Waals surface area contributed by atoms with E-state index in [0.29, 0.717) is 26.2 Å². The van der Waals surface area contributed by atoms with Crippen LogP contribution in [0.25, 0.3) is 0 Å². The number of halogens is 1. The Kier molecular flexibility index (Phi) is 7.28. The van der Waals surface area contributed by atoms with Crippen LogP contribution in [0.15, 0.2) is 30.3 Å². The molecule has 0 unspecified atom stereocenters. The van der Waals surface area contributed by atoms with E-state index < -0.39 is 10.2 Å². The standard InChI is InChI=1S/C15H25N3O2S.ClH/c1-3-9-17(2)21(19,20)18-11-14(10-16)15(12-18)13-7-5-4-6-8-13;/h4-8,14-15H,3,9-12,16H2,1-2H3;1H/t14-,15+;/m1./s1. The van der Waals surface area contributed by atoms with E-state index in [1.165, 1.54) is 9.87 Å². The van der Waals surface area contributed by atoms with Crippen molar-refractivity contribution in [3.8, 4) is 0 Å². The third-order valence-electron chi connectivity index (χ3n) is 4.20. The van der Waals surface area contributed by atoms with E-state index >= 15 is 0 Å². The highest BCUT2D eigenvalue weighted by Crippen LogP contribution is 2.33. The third-order valence-corrected chi connectivity index (χ3v) is 6.12. The minimum Gasteiger partial charge on any atom is -0.330 e. The molecule has 2 N–H and O–H groups in total. The van der Waals surface area contributed by atoms with Crippen LogP contribution in [0, 0.1) is 5.92 Å². The summed E-state index contributed by atoms with van der Waals surface area (Å²) in [5.74, 6) is 0.359. The highest BCUT2D eigenvalue weighted by atomic mass is 35.5. The van der Waals surface area contributed by atoms with Gasteiger partial charge in [-0.1, -0.05) is 37.3 Å². The van der Waals surface area contributed by atoms with Gasteiger partial charge in [-0.2, -0.15) is 17.0 Å². The second kappa shape index (κ2) is 8.26. The van der Waals surface area contributed by atoms with E-state index in [4.69, 9.17) is 5.73 Å². The summed E-state index contributed by atoms with van der Waals surface area (Å²) in [6.07, 6.45) is 0.812. The first-order valence-electron chi connectivity index (χ1n) is 7.47. The van der Waals surface area contributed by atoms with Crippen LogP contribution in [-0.4, -0.2) is 50.3 Å². The van der Waals surface area contributed by atoms with Crippen molar-refractivity contribution in [2.24, 2.45) is 11.7 Å². The largest absolute Gasteiger partial charge is 0.330 e. The highest BCUT2D eigenvalue weighted by Gasteiger charge is 2.40. The van der Waals surface area contributed by atoms with Gasteiger partial charge in [-0.15, -0.1) is 12.4 Å². The normalized spacial score (nSPS) is 22.7. The highest BCUT2D eigenvalue weighted by molar-refractivity contribution is 7.86. The Labute approximate surface area is 140 Å². The molecule has 0 amide bonds. The predicted molar refractivity (Wildman–Crippen MR) is 92.4 cm³/mol. The second-order valence-electron chi connectivity index (χ2n) is 5.66. The summed E-state index contributed by atoms with van der Waals surface area (Å²) < 4.78 is 28.2. The molecule has 0 radical (unpaired) electrons. The number of rotatable bonds is 6. The topological polar surface area (TPSA) is 66.6 Å². The van der Waals surface area contributed by atoms with Crippen LogP contribution in [0.2, 0.25) is 0 Å². The molecule has 0 saturated carbocycles. The van der Waals surface area contributed by atoms with Crippen LogP contribution in [0.4, 0.5) is 0 Å². The average Bonchev–Trinajstić information content (AvgIpc) is 2.93. The number of nitrogens with zero attached hydrogens (tertiary/aromatic N) is 2. The quantitative estimate of drug-likeness (QED) is 0.851. The maximum absolute atomic E-state index is 12.6. The third kappa shape index (κ3) is 4.00. The molecule has 2 atom stereocenters. The zero-order valence-electron chi connectivity index (χ0n) is 13.2. The molecule has 22 heavy (non-hydrogen) atoms. The zero-order valence-corrected chi connectivity index (χ0v) is 14.8. The molecule has 1 fully saturated rings. The lowest BCUT2D eigenvalue weighted by molar-refractivity contribution is 0.387. The van der Waals surface area contributed by atoms with Crippen molar-refractivity contribution in [3.63, 3.8) is 0 Å². The van der Waals surface area contributed by atoms with Gasteiger partial charge in [-0.3, -0.25) is 0 Å². The molecule has 0 aliphatic carbocycles. The first-order chi connectivity index (χ1) is 10.0. The molecule has 1 aromatic rings. The molecule has 0 aromatic heterocycles. The van der Waals surface area contributed by atoms with Gasteiger partial charge in [-0.25, -0.2) is 0 Å². The van der Waals surface area contributed by atoms with E-state index in [9.17, 15) is 8.42 Å². The lowest BCUT2D eigenvalue weighted by Gasteiger charge is -2.23. The van der Waals surface area contributed by atoms with Crippen molar-refractivity contribution in [1.29, 1.82) is 0 Å². The molecule has 1 aliphatic rings. The molecule has 5 nitrogen and oxygen atoms in total. The Morgan fingerprint density at radius 1 is 1.27 bits per heavy atom. The first kappa shape index (κ1) is 19.4. The van der Waals surface area contributed by atoms with Crippen LogP contribution < -0.4 is 5.73 Å². The summed E-state index contributed by atoms with van der Waals surface area (Å²) in [6, 6.07) is 10.1. The van der Waals surface area contributed by atoms with Gasteiger partial charge >= 0.3 is 0 Å². The van der Waals surface area contributed by atoms with Crippen molar-refractivity contribution >= 4 is 22.6 Å². The fourth-order valence-electron chi connectivity index (χ4n) is 2.96. The van der Waals surface area contributed by atoms with E-state index in [1.807, 2.05) is 25.1 Å². The van der Waals surface area contributed by atoms with Crippen LogP contribution in [0.5, 0.6) is 0 Å². The summed E-state index contributed by atoms with van der Waals surface area (Å²) in [7, 11) is -1.73. The lowest BCUT2D eigenvalue weighted by Crippen LogP contribution is -2.41. The summed E-state index contributed by atoms with van der Waals surface area (Å²) in [5, 5.41) is 0. The number of hydrogen-bond acceptors (Lipinski definition) is 3.